The van der Waals surface area contributed by atoms with E-state index in [-0.39, 0.29) is 5.15 Å². The number of aromatic nitrogens is 3. The molecule has 0 atom stereocenters. The van der Waals surface area contributed by atoms with Gasteiger partial charge in [-0.25, -0.2) is 9.37 Å². The topological polar surface area (TPSA) is 41.6 Å². The third-order valence-corrected chi connectivity index (χ3v) is 1.60. The molecule has 0 amide bonds. The first-order valence-corrected chi connectivity index (χ1v) is 3.30. The molecule has 3 nitrogen and oxygen atoms in total. The van der Waals surface area contributed by atoms with Gasteiger partial charge in [0.05, 0.1) is 6.20 Å². The molecule has 2 heterocycles. The van der Waals surface area contributed by atoms with Crippen LogP contribution in [0.5, 0.6) is 0 Å². The largest absolute Gasteiger partial charge is 0.261 e. The quantitative estimate of drug-likeness (QED) is 0.614. The van der Waals surface area contributed by atoms with E-state index in [1.54, 1.807) is 0 Å². The molecule has 0 unspecified atom stereocenters. The van der Waals surface area contributed by atoms with Crippen molar-refractivity contribution in [3.8, 4) is 0 Å². The van der Waals surface area contributed by atoms with Crippen LogP contribution < -0.4 is 0 Å². The number of fused-ring (bicyclic) bond motifs is 1. The number of pyridine rings is 1. The lowest BCUT2D eigenvalue weighted by Gasteiger charge is -1.90. The Morgan fingerprint density at radius 2 is 2.36 bits per heavy atom. The number of hydrogen-bond donors (Lipinski definition) is 1. The van der Waals surface area contributed by atoms with Gasteiger partial charge >= 0.3 is 0 Å². The van der Waals surface area contributed by atoms with Gasteiger partial charge in [-0.1, -0.05) is 11.6 Å². The van der Waals surface area contributed by atoms with E-state index in [2.05, 4.69) is 15.2 Å². The SMILES string of the molecule is Fc1cc2cn[nH]c2nc1Cl. The van der Waals surface area contributed by atoms with Crippen LogP contribution >= 0.6 is 11.6 Å². The molecule has 0 saturated carbocycles. The van der Waals surface area contributed by atoms with Crippen molar-refractivity contribution in [3.05, 3.63) is 23.2 Å². The maximum absolute atomic E-state index is 12.7. The normalized spacial score (nSPS) is 10.7. The van der Waals surface area contributed by atoms with Crippen LogP contribution in [-0.2, 0) is 0 Å². The van der Waals surface area contributed by atoms with Crippen molar-refractivity contribution < 1.29 is 4.39 Å². The molecule has 0 aromatic carbocycles. The van der Waals surface area contributed by atoms with E-state index < -0.39 is 5.82 Å². The van der Waals surface area contributed by atoms with Crippen molar-refractivity contribution in [1.82, 2.24) is 15.2 Å². The van der Waals surface area contributed by atoms with E-state index in [1.807, 2.05) is 0 Å². The summed E-state index contributed by atoms with van der Waals surface area (Å²) >= 11 is 5.41. The Morgan fingerprint density at radius 3 is 3.18 bits per heavy atom. The van der Waals surface area contributed by atoms with Crippen molar-refractivity contribution in [2.24, 2.45) is 0 Å². The van der Waals surface area contributed by atoms with E-state index in [1.165, 1.54) is 12.3 Å². The van der Waals surface area contributed by atoms with Crippen molar-refractivity contribution in [3.63, 3.8) is 0 Å². The zero-order valence-electron chi connectivity index (χ0n) is 5.31. The monoisotopic (exact) mass is 171 g/mol. The lowest BCUT2D eigenvalue weighted by Crippen LogP contribution is -1.82. The lowest BCUT2D eigenvalue weighted by molar-refractivity contribution is 0.624. The first kappa shape index (κ1) is 6.54. The molecule has 56 valence electrons. The molecule has 2 aromatic heterocycles. The summed E-state index contributed by atoms with van der Waals surface area (Å²) < 4.78 is 12.7. The van der Waals surface area contributed by atoms with Gasteiger partial charge in [0.15, 0.2) is 16.6 Å². The van der Waals surface area contributed by atoms with E-state index in [9.17, 15) is 4.39 Å². The highest BCUT2D eigenvalue weighted by atomic mass is 35.5. The first-order chi connectivity index (χ1) is 5.27. The molecule has 0 aliphatic heterocycles. The molecule has 0 saturated heterocycles. The fraction of sp³-hybridized carbons (Fsp3) is 0. The summed E-state index contributed by atoms with van der Waals surface area (Å²) in [4.78, 5) is 3.71. The summed E-state index contributed by atoms with van der Waals surface area (Å²) in [5, 5.41) is 6.73. The number of nitrogens with one attached hydrogen (secondary N) is 1. The summed E-state index contributed by atoms with van der Waals surface area (Å²) in [6.07, 6.45) is 1.49. The van der Waals surface area contributed by atoms with Gasteiger partial charge in [-0.05, 0) is 6.07 Å². The first-order valence-electron chi connectivity index (χ1n) is 2.92. The van der Waals surface area contributed by atoms with E-state index in [4.69, 9.17) is 11.6 Å². The van der Waals surface area contributed by atoms with Crippen molar-refractivity contribution in [2.75, 3.05) is 0 Å². The third-order valence-electron chi connectivity index (χ3n) is 1.34. The standard InChI is InChI=1S/C6H3ClFN3/c7-5-4(8)1-3-2-9-11-6(3)10-5/h1-2H,(H,9,10,11). The summed E-state index contributed by atoms with van der Waals surface area (Å²) in [5.41, 5.74) is 0.497. The van der Waals surface area contributed by atoms with Crippen LogP contribution in [0.4, 0.5) is 4.39 Å². The predicted octanol–water partition coefficient (Wildman–Crippen LogP) is 1.75. The molecule has 0 bridgehead atoms. The van der Waals surface area contributed by atoms with Gasteiger partial charge in [0.25, 0.3) is 0 Å². The smallest absolute Gasteiger partial charge is 0.167 e. The molecule has 0 aliphatic carbocycles. The molecule has 2 rings (SSSR count). The molecule has 0 spiro atoms. The van der Waals surface area contributed by atoms with Gasteiger partial charge < -0.3 is 0 Å². The van der Waals surface area contributed by atoms with Gasteiger partial charge in [-0.2, -0.15) is 5.10 Å². The molecule has 5 heteroatoms. The zero-order valence-corrected chi connectivity index (χ0v) is 6.06. The van der Waals surface area contributed by atoms with Crippen LogP contribution in [0.25, 0.3) is 11.0 Å². The van der Waals surface area contributed by atoms with Crippen LogP contribution in [0.15, 0.2) is 12.3 Å². The van der Waals surface area contributed by atoms with Crippen LogP contribution in [0.3, 0.4) is 0 Å². The second kappa shape index (κ2) is 2.17. The van der Waals surface area contributed by atoms with Gasteiger partial charge in [-0.3, -0.25) is 5.10 Å². The second-order valence-electron chi connectivity index (χ2n) is 2.07. The fourth-order valence-electron chi connectivity index (χ4n) is 0.831. The molecular formula is C6H3ClFN3. The Bertz CT molecular complexity index is 362. The van der Waals surface area contributed by atoms with Crippen LogP contribution in [-0.4, -0.2) is 15.2 Å². The predicted molar refractivity (Wildman–Crippen MR) is 38.9 cm³/mol. The van der Waals surface area contributed by atoms with Crippen molar-refractivity contribution in [2.45, 2.75) is 0 Å². The van der Waals surface area contributed by atoms with E-state index >= 15 is 0 Å². The molecule has 1 N–H and O–H groups in total. The highest BCUT2D eigenvalue weighted by molar-refractivity contribution is 6.29. The average molecular weight is 172 g/mol. The molecule has 2 aromatic rings. The molecule has 0 radical (unpaired) electrons. The number of halogens is 2. The van der Waals surface area contributed by atoms with Gasteiger partial charge in [0.2, 0.25) is 0 Å². The zero-order chi connectivity index (χ0) is 7.84. The highest BCUT2D eigenvalue weighted by Gasteiger charge is 2.03. The van der Waals surface area contributed by atoms with Gasteiger partial charge in [0.1, 0.15) is 0 Å². The Hall–Kier alpha value is -1.16. The molecule has 0 aliphatic rings. The van der Waals surface area contributed by atoms with Crippen LogP contribution in [0, 0.1) is 5.82 Å². The second-order valence-corrected chi connectivity index (χ2v) is 2.43. The Morgan fingerprint density at radius 1 is 1.55 bits per heavy atom. The molecule has 11 heavy (non-hydrogen) atoms. The summed E-state index contributed by atoms with van der Waals surface area (Å²) in [6.45, 7) is 0. The minimum absolute atomic E-state index is 0.137. The third kappa shape index (κ3) is 0.952. The Kier molecular flexibility index (Phi) is 1.29. The van der Waals surface area contributed by atoms with Crippen molar-refractivity contribution >= 4 is 22.6 Å². The van der Waals surface area contributed by atoms with Gasteiger partial charge in [0, 0.05) is 5.39 Å². The number of hydrogen-bond acceptors (Lipinski definition) is 2. The highest BCUT2D eigenvalue weighted by Crippen LogP contribution is 2.16. The number of rotatable bonds is 0. The minimum atomic E-state index is -0.527. The van der Waals surface area contributed by atoms with E-state index in [0.717, 1.165) is 0 Å². The molecule has 0 fully saturated rings. The maximum Gasteiger partial charge on any atom is 0.167 e. The molecular weight excluding hydrogens is 169 g/mol. The number of nitrogens with zero attached hydrogens (tertiary/aromatic N) is 2. The number of H-pyrrole nitrogens is 1. The summed E-state index contributed by atoms with van der Waals surface area (Å²) in [7, 11) is 0. The van der Waals surface area contributed by atoms with Crippen LogP contribution in [0.2, 0.25) is 5.15 Å². The summed E-state index contributed by atoms with van der Waals surface area (Å²) in [5.74, 6) is -0.527. The van der Waals surface area contributed by atoms with E-state index in [0.29, 0.717) is 11.0 Å². The minimum Gasteiger partial charge on any atom is -0.261 e. The lowest BCUT2D eigenvalue weighted by atomic mass is 10.3. The Labute approximate surface area is 66.2 Å². The number of aromatic amines is 1. The fourth-order valence-corrected chi connectivity index (χ4v) is 0.971. The summed E-state index contributed by atoms with van der Waals surface area (Å²) in [6, 6.07) is 1.29. The van der Waals surface area contributed by atoms with Crippen molar-refractivity contribution in [1.29, 1.82) is 0 Å². The van der Waals surface area contributed by atoms with Gasteiger partial charge in [-0.15, -0.1) is 0 Å². The van der Waals surface area contributed by atoms with Crippen LogP contribution in [0.1, 0.15) is 0 Å². The Balaban J connectivity index is 2.86. The average Bonchev–Trinajstić information content (AvgIpc) is 2.36. The maximum atomic E-state index is 12.7.